The number of methoxy groups -OCH3 is 2. The van der Waals surface area contributed by atoms with Crippen molar-refractivity contribution in [2.75, 3.05) is 39.2 Å². The van der Waals surface area contributed by atoms with E-state index in [1.165, 1.54) is 26.5 Å². The van der Waals surface area contributed by atoms with Gasteiger partial charge in [0.25, 0.3) is 5.91 Å². The minimum atomic E-state index is -0.561. The van der Waals surface area contributed by atoms with Gasteiger partial charge in [-0.3, -0.25) is 9.78 Å². The molecule has 1 saturated heterocycles. The van der Waals surface area contributed by atoms with Crippen molar-refractivity contribution < 1.29 is 23.5 Å². The van der Waals surface area contributed by atoms with Gasteiger partial charge in [-0.25, -0.2) is 9.18 Å². The number of fused-ring (bicyclic) bond motifs is 2. The standard InChI is InChI=1S/C23H21ClFN5O4/c1-33-19-13(24)4-3-5-15(19)28-18-16-20(29-17(18)12-6-7-26-8-14(12)25)23(9-27-21(16)31)10-30(11-23)22(32)34-2/h3-8,28-29H,9-11H2,1-2H3,(H,27,31). The van der Waals surface area contributed by atoms with Gasteiger partial charge < -0.3 is 30.0 Å². The number of carbonyl (C=O) groups excluding carboxylic acids is 2. The number of amides is 2. The Bertz CT molecular complexity index is 1300. The highest BCUT2D eigenvalue weighted by molar-refractivity contribution is 6.32. The number of halogens is 2. The Morgan fingerprint density at radius 2 is 2.09 bits per heavy atom. The third kappa shape index (κ3) is 3.33. The number of nitrogens with zero attached hydrogens (tertiary/aromatic N) is 2. The number of aromatic amines is 1. The normalized spacial score (nSPS) is 15.9. The van der Waals surface area contributed by atoms with E-state index in [0.29, 0.717) is 58.7 Å². The van der Waals surface area contributed by atoms with Gasteiger partial charge >= 0.3 is 6.09 Å². The van der Waals surface area contributed by atoms with Gasteiger partial charge in [0, 0.05) is 37.1 Å². The van der Waals surface area contributed by atoms with E-state index in [2.05, 4.69) is 20.6 Å². The lowest BCUT2D eigenvalue weighted by Crippen LogP contribution is -2.67. The van der Waals surface area contributed by atoms with Crippen molar-refractivity contribution >= 4 is 35.0 Å². The van der Waals surface area contributed by atoms with Gasteiger partial charge in [0.05, 0.1) is 53.5 Å². The Morgan fingerprint density at radius 1 is 1.29 bits per heavy atom. The van der Waals surface area contributed by atoms with E-state index in [-0.39, 0.29) is 11.5 Å². The minimum absolute atomic E-state index is 0.236. The number of benzene rings is 1. The molecule has 176 valence electrons. The maximum atomic E-state index is 14.8. The Labute approximate surface area is 199 Å². The molecule has 2 amide bonds. The molecule has 0 unspecified atom stereocenters. The summed E-state index contributed by atoms with van der Waals surface area (Å²) in [5, 5.41) is 6.52. The summed E-state index contributed by atoms with van der Waals surface area (Å²) in [6, 6.07) is 6.69. The number of ether oxygens (including phenoxy) is 2. The molecule has 34 heavy (non-hydrogen) atoms. The molecule has 1 aromatic carbocycles. The van der Waals surface area contributed by atoms with Crippen LogP contribution in [0.5, 0.6) is 5.75 Å². The summed E-state index contributed by atoms with van der Waals surface area (Å²) < 4.78 is 25.1. The summed E-state index contributed by atoms with van der Waals surface area (Å²) >= 11 is 6.29. The van der Waals surface area contributed by atoms with Crippen LogP contribution in [0.25, 0.3) is 11.3 Å². The van der Waals surface area contributed by atoms with Crippen LogP contribution in [0.3, 0.4) is 0 Å². The second kappa shape index (κ2) is 8.21. The zero-order valence-electron chi connectivity index (χ0n) is 18.4. The molecule has 0 atom stereocenters. The summed E-state index contributed by atoms with van der Waals surface area (Å²) in [4.78, 5) is 33.8. The number of para-hydroxylation sites is 1. The van der Waals surface area contributed by atoms with Gasteiger partial charge in [0.1, 0.15) is 0 Å². The highest BCUT2D eigenvalue weighted by Gasteiger charge is 2.53. The van der Waals surface area contributed by atoms with Crippen molar-refractivity contribution in [3.05, 3.63) is 58.8 Å². The van der Waals surface area contributed by atoms with Gasteiger partial charge in [0.15, 0.2) is 11.6 Å². The van der Waals surface area contributed by atoms with Crippen LogP contribution in [0.2, 0.25) is 5.02 Å². The Balaban J connectivity index is 1.68. The van der Waals surface area contributed by atoms with Crippen molar-refractivity contribution in [3.63, 3.8) is 0 Å². The number of nitrogens with one attached hydrogen (secondary N) is 3. The van der Waals surface area contributed by atoms with Crippen LogP contribution >= 0.6 is 11.6 Å². The summed E-state index contributed by atoms with van der Waals surface area (Å²) in [6.45, 7) is 1.00. The Morgan fingerprint density at radius 3 is 2.79 bits per heavy atom. The van der Waals surface area contributed by atoms with Crippen LogP contribution in [-0.4, -0.2) is 60.7 Å². The highest BCUT2D eigenvalue weighted by atomic mass is 35.5. The van der Waals surface area contributed by atoms with E-state index in [4.69, 9.17) is 21.1 Å². The number of likely N-dealkylation sites (tertiary alicyclic amines) is 1. The molecule has 2 aromatic heterocycles. The molecular weight excluding hydrogens is 465 g/mol. The molecule has 4 heterocycles. The zero-order chi connectivity index (χ0) is 24.0. The number of H-pyrrole nitrogens is 1. The molecule has 1 fully saturated rings. The Kier molecular flexibility index (Phi) is 5.32. The number of hydrogen-bond donors (Lipinski definition) is 3. The average Bonchev–Trinajstić information content (AvgIpc) is 3.18. The fraction of sp³-hybridized carbons (Fsp3) is 0.261. The first-order chi connectivity index (χ1) is 16.4. The van der Waals surface area contributed by atoms with Gasteiger partial charge in [0.2, 0.25) is 0 Å². The zero-order valence-corrected chi connectivity index (χ0v) is 19.1. The molecule has 0 aliphatic carbocycles. The molecule has 3 aromatic rings. The largest absolute Gasteiger partial charge is 0.493 e. The predicted molar refractivity (Wildman–Crippen MR) is 123 cm³/mol. The second-order valence-electron chi connectivity index (χ2n) is 8.22. The van der Waals surface area contributed by atoms with E-state index in [0.717, 1.165) is 6.20 Å². The lowest BCUT2D eigenvalue weighted by atomic mass is 9.73. The van der Waals surface area contributed by atoms with Crippen molar-refractivity contribution in [2.24, 2.45) is 0 Å². The van der Waals surface area contributed by atoms with Crippen molar-refractivity contribution in [2.45, 2.75) is 5.41 Å². The maximum absolute atomic E-state index is 14.8. The molecule has 5 rings (SSSR count). The third-order valence-corrected chi connectivity index (χ3v) is 6.53. The van der Waals surface area contributed by atoms with E-state index < -0.39 is 17.3 Å². The molecule has 11 heteroatoms. The molecule has 0 bridgehead atoms. The number of rotatable bonds is 4. The molecule has 0 saturated carbocycles. The molecule has 1 spiro atoms. The highest BCUT2D eigenvalue weighted by Crippen LogP contribution is 2.46. The average molecular weight is 486 g/mol. The smallest absolute Gasteiger partial charge is 0.409 e. The third-order valence-electron chi connectivity index (χ3n) is 6.24. The lowest BCUT2D eigenvalue weighted by molar-refractivity contribution is 0.0419. The minimum Gasteiger partial charge on any atom is -0.493 e. The lowest BCUT2D eigenvalue weighted by Gasteiger charge is -2.50. The van der Waals surface area contributed by atoms with Crippen LogP contribution in [-0.2, 0) is 10.2 Å². The maximum Gasteiger partial charge on any atom is 0.409 e. The van der Waals surface area contributed by atoms with Crippen LogP contribution in [0, 0.1) is 5.82 Å². The van der Waals surface area contributed by atoms with Crippen molar-refractivity contribution in [1.29, 1.82) is 0 Å². The van der Waals surface area contributed by atoms with Gasteiger partial charge in [-0.15, -0.1) is 0 Å². The van der Waals surface area contributed by atoms with E-state index >= 15 is 0 Å². The SMILES string of the molecule is COC(=O)N1CC2(CNC(=O)c3c2[nH]c(-c2ccncc2F)c3Nc2cccc(Cl)c2OC)C1. The molecule has 2 aliphatic heterocycles. The topological polar surface area (TPSA) is 109 Å². The van der Waals surface area contributed by atoms with Crippen LogP contribution in [0.1, 0.15) is 16.1 Å². The van der Waals surface area contributed by atoms with Gasteiger partial charge in [-0.1, -0.05) is 17.7 Å². The molecule has 3 N–H and O–H groups in total. The fourth-order valence-corrected chi connectivity index (χ4v) is 4.87. The fourth-order valence-electron chi connectivity index (χ4n) is 4.62. The first-order valence-electron chi connectivity index (χ1n) is 10.5. The van der Waals surface area contributed by atoms with Crippen LogP contribution < -0.4 is 15.4 Å². The Hall–Kier alpha value is -3.79. The van der Waals surface area contributed by atoms with Crippen LogP contribution in [0.15, 0.2) is 36.7 Å². The van der Waals surface area contributed by atoms with Gasteiger partial charge in [-0.2, -0.15) is 0 Å². The summed E-state index contributed by atoms with van der Waals surface area (Å²) in [5.74, 6) is -0.495. The second-order valence-corrected chi connectivity index (χ2v) is 8.62. The van der Waals surface area contributed by atoms with E-state index in [1.807, 2.05) is 0 Å². The predicted octanol–water partition coefficient (Wildman–Crippen LogP) is 3.68. The van der Waals surface area contributed by atoms with Crippen molar-refractivity contribution in [3.8, 4) is 17.0 Å². The van der Waals surface area contributed by atoms with E-state index in [1.54, 1.807) is 23.1 Å². The van der Waals surface area contributed by atoms with E-state index in [9.17, 15) is 14.0 Å². The van der Waals surface area contributed by atoms with Crippen LogP contribution in [0.4, 0.5) is 20.6 Å². The monoisotopic (exact) mass is 485 g/mol. The number of aromatic nitrogens is 2. The first-order valence-corrected chi connectivity index (χ1v) is 10.8. The summed E-state index contributed by atoms with van der Waals surface area (Å²) in [5.41, 5.74) is 1.88. The summed E-state index contributed by atoms with van der Waals surface area (Å²) in [7, 11) is 2.81. The molecule has 2 aliphatic rings. The molecule has 9 nitrogen and oxygen atoms in total. The van der Waals surface area contributed by atoms with Gasteiger partial charge in [-0.05, 0) is 18.2 Å². The quantitative estimate of drug-likeness (QED) is 0.520. The van der Waals surface area contributed by atoms with Crippen molar-refractivity contribution in [1.82, 2.24) is 20.2 Å². The molecule has 0 radical (unpaired) electrons. The first kappa shape index (κ1) is 22.0. The number of anilines is 2. The number of hydrogen-bond acceptors (Lipinski definition) is 6. The molecular formula is C23H21ClFN5O4. The summed E-state index contributed by atoms with van der Waals surface area (Å²) in [6.07, 6.45) is 2.13. The number of carbonyl (C=O) groups is 2. The number of pyridine rings is 1.